The first-order valence-electron chi connectivity index (χ1n) is 24.3. The van der Waals surface area contributed by atoms with Crippen LogP contribution >= 0.6 is 0 Å². The van der Waals surface area contributed by atoms with Crippen molar-refractivity contribution >= 4 is 17.9 Å². The number of carboxylic acids is 1. The molecule has 352 valence electrons. The highest BCUT2D eigenvalue weighted by molar-refractivity contribution is 5.70. The van der Waals surface area contributed by atoms with Crippen LogP contribution in [0.4, 0.5) is 0 Å². The first kappa shape index (κ1) is 58.2. The standard InChI is InChI=1S/C54H89NO7/c1-6-8-10-12-14-16-18-20-22-24-25-26-27-29-30-32-34-36-38-40-42-44-52(56)61-49-50(48-60-47-46-51(54(58)59)55(3,4)5)62-53(57)45-43-41-39-37-35-33-31-28-23-21-19-17-15-13-11-9-7-2/h14,16,20-23,25-26,29-31,33-34,36-37,39,50-51H,6-13,15,17-19,24,27-28,32,35,38,40-49H2,1-5H3/b16-14+,22-20+,23-21+,26-25+,30-29+,33-31+,36-34+,39-37+. The molecule has 0 aromatic rings. The molecule has 0 saturated heterocycles. The van der Waals surface area contributed by atoms with Gasteiger partial charge in [-0.05, 0) is 96.3 Å². The maximum atomic E-state index is 12.7. The molecule has 0 N–H and O–H groups in total. The lowest BCUT2D eigenvalue weighted by Crippen LogP contribution is -2.55. The van der Waals surface area contributed by atoms with Gasteiger partial charge in [-0.1, -0.05) is 156 Å². The van der Waals surface area contributed by atoms with Gasteiger partial charge in [0.25, 0.3) is 0 Å². The van der Waals surface area contributed by atoms with Crippen molar-refractivity contribution in [3.05, 3.63) is 97.2 Å². The van der Waals surface area contributed by atoms with E-state index in [0.29, 0.717) is 12.8 Å². The highest BCUT2D eigenvalue weighted by atomic mass is 16.6. The Hall–Kier alpha value is -3.75. The summed E-state index contributed by atoms with van der Waals surface area (Å²) < 4.78 is 17.1. The third-order valence-corrected chi connectivity index (χ3v) is 10.2. The summed E-state index contributed by atoms with van der Waals surface area (Å²) in [7, 11) is 5.37. The maximum Gasteiger partial charge on any atom is 0.306 e. The second kappa shape index (κ2) is 43.9. The molecule has 0 amide bonds. The van der Waals surface area contributed by atoms with Gasteiger partial charge in [0.1, 0.15) is 12.6 Å². The molecule has 62 heavy (non-hydrogen) atoms. The van der Waals surface area contributed by atoms with Gasteiger partial charge in [-0.25, -0.2) is 0 Å². The van der Waals surface area contributed by atoms with Gasteiger partial charge in [0, 0.05) is 19.3 Å². The van der Waals surface area contributed by atoms with Crippen LogP contribution < -0.4 is 5.11 Å². The third-order valence-electron chi connectivity index (χ3n) is 10.2. The summed E-state index contributed by atoms with van der Waals surface area (Å²) in [6.07, 6.45) is 58.7. The number of carbonyl (C=O) groups is 3. The molecule has 0 heterocycles. The highest BCUT2D eigenvalue weighted by Crippen LogP contribution is 2.11. The lowest BCUT2D eigenvalue weighted by molar-refractivity contribution is -0.889. The minimum absolute atomic E-state index is 0.000634. The van der Waals surface area contributed by atoms with Crippen molar-refractivity contribution in [2.45, 2.75) is 187 Å². The molecule has 0 aliphatic heterocycles. The fraction of sp³-hybridized carbons (Fsp3) is 0.648. The van der Waals surface area contributed by atoms with E-state index in [9.17, 15) is 19.5 Å². The first-order valence-corrected chi connectivity index (χ1v) is 24.3. The number of quaternary nitrogens is 1. The zero-order valence-electron chi connectivity index (χ0n) is 40.0. The minimum atomic E-state index is -1.14. The predicted octanol–water partition coefficient (Wildman–Crippen LogP) is 12.5. The van der Waals surface area contributed by atoms with Crippen molar-refractivity contribution in [3.63, 3.8) is 0 Å². The number of allylic oxidation sites excluding steroid dienone is 16. The van der Waals surface area contributed by atoms with E-state index in [4.69, 9.17) is 14.2 Å². The summed E-state index contributed by atoms with van der Waals surface area (Å²) in [5, 5.41) is 11.6. The number of nitrogens with zero attached hydrogens (tertiary/aromatic N) is 1. The number of ether oxygens (including phenoxy) is 3. The van der Waals surface area contributed by atoms with Gasteiger partial charge in [-0.15, -0.1) is 0 Å². The maximum absolute atomic E-state index is 12.7. The van der Waals surface area contributed by atoms with E-state index < -0.39 is 18.1 Å². The van der Waals surface area contributed by atoms with Gasteiger partial charge in [0.2, 0.25) is 0 Å². The molecule has 0 saturated carbocycles. The molecular weight excluding hydrogens is 775 g/mol. The average molecular weight is 864 g/mol. The van der Waals surface area contributed by atoms with Crippen molar-refractivity contribution in [1.29, 1.82) is 0 Å². The molecular formula is C54H89NO7. The Morgan fingerprint density at radius 3 is 1.34 bits per heavy atom. The summed E-state index contributed by atoms with van der Waals surface area (Å²) in [5.41, 5.74) is 0. The molecule has 0 aliphatic carbocycles. The number of aliphatic carboxylic acids is 1. The van der Waals surface area contributed by atoms with Crippen molar-refractivity contribution in [2.75, 3.05) is 41.0 Å². The number of carbonyl (C=O) groups excluding carboxylic acids is 3. The normalized spacial score (nSPS) is 13.8. The fourth-order valence-electron chi connectivity index (χ4n) is 6.40. The Kier molecular flexibility index (Phi) is 41.2. The number of esters is 2. The van der Waals surface area contributed by atoms with E-state index in [-0.39, 0.29) is 55.5 Å². The fourth-order valence-corrected chi connectivity index (χ4v) is 6.40. The number of hydrogen-bond donors (Lipinski definition) is 0. The molecule has 8 nitrogen and oxygen atoms in total. The van der Waals surface area contributed by atoms with E-state index in [0.717, 1.165) is 64.2 Å². The number of rotatable bonds is 42. The summed E-state index contributed by atoms with van der Waals surface area (Å²) >= 11 is 0. The van der Waals surface area contributed by atoms with Crippen LogP contribution in [-0.2, 0) is 28.6 Å². The number of carboxylic acid groups (broad SMARTS) is 1. The summed E-state index contributed by atoms with van der Waals surface area (Å²) in [6.45, 7) is 4.51. The van der Waals surface area contributed by atoms with Crippen molar-refractivity contribution in [3.8, 4) is 0 Å². The number of unbranched alkanes of at least 4 members (excludes halogenated alkanes) is 12. The topological polar surface area (TPSA) is 102 Å². The molecule has 0 bridgehead atoms. The summed E-state index contributed by atoms with van der Waals surface area (Å²) in [6, 6.07) is -0.747. The van der Waals surface area contributed by atoms with Crippen LogP contribution in [0.15, 0.2) is 97.2 Å². The van der Waals surface area contributed by atoms with Gasteiger partial charge in [0.15, 0.2) is 6.10 Å². The Labute approximate surface area is 379 Å². The zero-order chi connectivity index (χ0) is 45.6. The molecule has 0 aromatic carbocycles. The van der Waals surface area contributed by atoms with Crippen LogP contribution in [-0.4, -0.2) is 75.5 Å². The van der Waals surface area contributed by atoms with Crippen LogP contribution in [0.5, 0.6) is 0 Å². The number of hydrogen-bond acceptors (Lipinski definition) is 7. The van der Waals surface area contributed by atoms with E-state index in [2.05, 4.69) is 111 Å². The summed E-state index contributed by atoms with van der Waals surface area (Å²) in [4.78, 5) is 36.9. The monoisotopic (exact) mass is 864 g/mol. The predicted molar refractivity (Wildman–Crippen MR) is 258 cm³/mol. The van der Waals surface area contributed by atoms with Gasteiger partial charge < -0.3 is 28.6 Å². The third kappa shape index (κ3) is 41.6. The Bertz CT molecular complexity index is 1330. The lowest BCUT2D eigenvalue weighted by atomic mass is 10.1. The lowest BCUT2D eigenvalue weighted by Gasteiger charge is -2.34. The molecule has 0 fully saturated rings. The quantitative estimate of drug-likeness (QED) is 0.0261. The minimum Gasteiger partial charge on any atom is -0.544 e. The second-order valence-corrected chi connectivity index (χ2v) is 17.0. The van der Waals surface area contributed by atoms with Gasteiger partial charge in [-0.2, -0.15) is 0 Å². The average Bonchev–Trinajstić information content (AvgIpc) is 3.23. The van der Waals surface area contributed by atoms with Gasteiger partial charge >= 0.3 is 11.9 Å². The van der Waals surface area contributed by atoms with Gasteiger partial charge in [0.05, 0.1) is 40.3 Å². The Morgan fingerprint density at radius 1 is 0.484 bits per heavy atom. The van der Waals surface area contributed by atoms with Crippen molar-refractivity contribution in [1.82, 2.24) is 0 Å². The van der Waals surface area contributed by atoms with Gasteiger partial charge in [-0.3, -0.25) is 9.59 Å². The van der Waals surface area contributed by atoms with Crippen LogP contribution in [0.2, 0.25) is 0 Å². The Morgan fingerprint density at radius 2 is 0.871 bits per heavy atom. The molecule has 2 unspecified atom stereocenters. The number of likely N-dealkylation sites (N-methyl/N-ethyl adjacent to an activating group) is 1. The highest BCUT2D eigenvalue weighted by Gasteiger charge is 2.25. The Balaban J connectivity index is 4.47. The van der Waals surface area contributed by atoms with E-state index in [1.807, 2.05) is 0 Å². The molecule has 0 aromatic heterocycles. The van der Waals surface area contributed by atoms with Crippen LogP contribution in [0.25, 0.3) is 0 Å². The van der Waals surface area contributed by atoms with E-state index >= 15 is 0 Å². The van der Waals surface area contributed by atoms with E-state index in [1.54, 1.807) is 21.1 Å². The molecule has 0 rings (SSSR count). The molecule has 2 atom stereocenters. The molecule has 0 aliphatic rings. The van der Waals surface area contributed by atoms with Crippen LogP contribution in [0.1, 0.15) is 174 Å². The second-order valence-electron chi connectivity index (χ2n) is 17.0. The molecule has 8 heteroatoms. The smallest absolute Gasteiger partial charge is 0.306 e. The SMILES string of the molecule is CCCCC/C=C/C/C=C/C/C=C/C/C=C/C/C=C/CCCCC(=O)OCC(COCCC(C(=O)[O-])[N+](C)(C)C)OC(=O)CCC/C=C/C/C=C/C/C=C/CCCCCCCC. The van der Waals surface area contributed by atoms with Crippen molar-refractivity contribution < 1.29 is 38.2 Å². The van der Waals surface area contributed by atoms with Crippen LogP contribution in [0, 0.1) is 0 Å². The first-order chi connectivity index (χ1) is 30.1. The zero-order valence-corrected chi connectivity index (χ0v) is 40.0. The largest absolute Gasteiger partial charge is 0.544 e. The molecule has 0 spiro atoms. The van der Waals surface area contributed by atoms with Crippen LogP contribution in [0.3, 0.4) is 0 Å². The summed E-state index contributed by atoms with van der Waals surface area (Å²) in [5.74, 6) is -1.87. The van der Waals surface area contributed by atoms with E-state index in [1.165, 1.54) is 64.2 Å². The molecule has 0 radical (unpaired) electrons. The van der Waals surface area contributed by atoms with Crippen molar-refractivity contribution in [2.24, 2.45) is 0 Å².